The molecule has 0 spiro atoms. The molecule has 1 aromatic rings. The summed E-state index contributed by atoms with van der Waals surface area (Å²) < 4.78 is 0. The molecule has 1 aliphatic carbocycles. The molecule has 0 radical (unpaired) electrons. The standard InChI is InChI=1S/C13H17ClO/c1-9-2-3-10(8-12(9)14)4-7-13(15)11-5-6-11/h2-3,8,11,13,15H,4-7H2,1H3. The maximum atomic E-state index is 9.74. The van der Waals surface area contributed by atoms with Crippen LogP contribution in [0.3, 0.4) is 0 Å². The highest BCUT2D eigenvalue weighted by molar-refractivity contribution is 6.31. The van der Waals surface area contributed by atoms with Crippen LogP contribution in [0.15, 0.2) is 18.2 Å². The fourth-order valence-electron chi connectivity index (χ4n) is 1.82. The van der Waals surface area contributed by atoms with Crippen LogP contribution >= 0.6 is 11.6 Å². The van der Waals surface area contributed by atoms with E-state index in [1.807, 2.05) is 19.1 Å². The number of aliphatic hydroxyl groups is 1. The van der Waals surface area contributed by atoms with Crippen LogP contribution in [0.4, 0.5) is 0 Å². The minimum Gasteiger partial charge on any atom is -0.393 e. The first-order valence-electron chi connectivity index (χ1n) is 5.60. The van der Waals surface area contributed by atoms with Gasteiger partial charge in [0.25, 0.3) is 0 Å². The van der Waals surface area contributed by atoms with Gasteiger partial charge in [0.1, 0.15) is 0 Å². The predicted molar refractivity (Wildman–Crippen MR) is 63.2 cm³/mol. The summed E-state index contributed by atoms with van der Waals surface area (Å²) >= 11 is 6.04. The number of aliphatic hydroxyl groups excluding tert-OH is 1. The fraction of sp³-hybridized carbons (Fsp3) is 0.538. The molecular formula is C13H17ClO. The zero-order chi connectivity index (χ0) is 10.8. The number of hydrogen-bond acceptors (Lipinski definition) is 1. The van der Waals surface area contributed by atoms with Crippen LogP contribution in [0, 0.1) is 12.8 Å². The minimum absolute atomic E-state index is 0.106. The van der Waals surface area contributed by atoms with Crippen LogP contribution in [0.1, 0.15) is 30.4 Å². The zero-order valence-electron chi connectivity index (χ0n) is 9.04. The van der Waals surface area contributed by atoms with Crippen LogP contribution in [-0.2, 0) is 6.42 Å². The van der Waals surface area contributed by atoms with Crippen LogP contribution in [-0.4, -0.2) is 11.2 Å². The summed E-state index contributed by atoms with van der Waals surface area (Å²) in [6.45, 7) is 2.01. The highest BCUT2D eigenvalue weighted by atomic mass is 35.5. The topological polar surface area (TPSA) is 20.2 Å². The normalized spacial score (nSPS) is 17.8. The van der Waals surface area contributed by atoms with Crippen molar-refractivity contribution in [3.8, 4) is 0 Å². The second-order valence-corrected chi connectivity index (χ2v) is 4.93. The van der Waals surface area contributed by atoms with Gasteiger partial charge in [0.05, 0.1) is 6.10 Å². The van der Waals surface area contributed by atoms with Gasteiger partial charge in [0.15, 0.2) is 0 Å². The third-order valence-corrected chi connectivity index (χ3v) is 3.54. The number of rotatable bonds is 4. The second kappa shape index (κ2) is 4.54. The minimum atomic E-state index is -0.106. The molecule has 0 saturated heterocycles. The van der Waals surface area contributed by atoms with E-state index in [-0.39, 0.29) is 6.10 Å². The molecule has 0 bridgehead atoms. The lowest BCUT2D eigenvalue weighted by Gasteiger charge is -2.09. The Morgan fingerprint density at radius 3 is 2.80 bits per heavy atom. The Balaban J connectivity index is 1.89. The van der Waals surface area contributed by atoms with E-state index in [4.69, 9.17) is 11.6 Å². The molecule has 1 aromatic carbocycles. The van der Waals surface area contributed by atoms with Gasteiger partial charge in [-0.25, -0.2) is 0 Å². The number of benzene rings is 1. The smallest absolute Gasteiger partial charge is 0.0571 e. The molecule has 2 rings (SSSR count). The van der Waals surface area contributed by atoms with E-state index in [9.17, 15) is 5.11 Å². The third kappa shape index (κ3) is 2.96. The van der Waals surface area contributed by atoms with Crippen LogP contribution in [0.25, 0.3) is 0 Å². The van der Waals surface area contributed by atoms with Gasteiger partial charge in [0, 0.05) is 5.02 Å². The number of aryl methyl sites for hydroxylation is 2. The molecule has 1 fully saturated rings. The maximum Gasteiger partial charge on any atom is 0.0571 e. The van der Waals surface area contributed by atoms with Gasteiger partial charge in [-0.2, -0.15) is 0 Å². The Morgan fingerprint density at radius 1 is 1.47 bits per heavy atom. The summed E-state index contributed by atoms with van der Waals surface area (Å²) in [5.74, 6) is 0.575. The van der Waals surface area contributed by atoms with Gasteiger partial charge >= 0.3 is 0 Å². The molecule has 1 aliphatic rings. The second-order valence-electron chi connectivity index (χ2n) is 4.53. The monoisotopic (exact) mass is 224 g/mol. The summed E-state index contributed by atoms with van der Waals surface area (Å²) in [7, 11) is 0. The molecule has 1 saturated carbocycles. The zero-order valence-corrected chi connectivity index (χ0v) is 9.80. The molecule has 2 heteroatoms. The Hall–Kier alpha value is -0.530. The first kappa shape index (κ1) is 11.0. The van der Waals surface area contributed by atoms with Crippen molar-refractivity contribution in [3.63, 3.8) is 0 Å². The molecule has 0 aliphatic heterocycles. The molecule has 15 heavy (non-hydrogen) atoms. The van der Waals surface area contributed by atoms with E-state index in [1.54, 1.807) is 0 Å². The van der Waals surface area contributed by atoms with Gasteiger partial charge < -0.3 is 5.11 Å². The highest BCUT2D eigenvalue weighted by Crippen LogP contribution is 2.34. The van der Waals surface area contributed by atoms with Gasteiger partial charge in [-0.05, 0) is 55.7 Å². The van der Waals surface area contributed by atoms with E-state index in [0.29, 0.717) is 5.92 Å². The van der Waals surface area contributed by atoms with Gasteiger partial charge in [0.2, 0.25) is 0 Å². The van der Waals surface area contributed by atoms with Crippen molar-refractivity contribution in [2.45, 2.75) is 38.7 Å². The summed E-state index contributed by atoms with van der Waals surface area (Å²) in [6, 6.07) is 6.15. The molecule has 82 valence electrons. The molecule has 0 aromatic heterocycles. The van der Waals surface area contributed by atoms with Crippen molar-refractivity contribution >= 4 is 11.6 Å². The molecule has 0 amide bonds. The van der Waals surface area contributed by atoms with Crippen molar-refractivity contribution < 1.29 is 5.11 Å². The van der Waals surface area contributed by atoms with Gasteiger partial charge in [-0.15, -0.1) is 0 Å². The molecule has 1 unspecified atom stereocenters. The van der Waals surface area contributed by atoms with Crippen molar-refractivity contribution in [2.75, 3.05) is 0 Å². The Labute approximate surface area is 96.1 Å². The third-order valence-electron chi connectivity index (χ3n) is 3.13. The summed E-state index contributed by atoms with van der Waals surface area (Å²) in [6.07, 6.45) is 4.10. The molecule has 1 N–H and O–H groups in total. The van der Waals surface area contributed by atoms with Crippen molar-refractivity contribution in [1.29, 1.82) is 0 Å². The SMILES string of the molecule is Cc1ccc(CCC(O)C2CC2)cc1Cl. The summed E-state index contributed by atoms with van der Waals surface area (Å²) in [5, 5.41) is 10.6. The molecule has 1 atom stereocenters. The first-order chi connectivity index (χ1) is 7.16. The van der Waals surface area contributed by atoms with E-state index >= 15 is 0 Å². The van der Waals surface area contributed by atoms with Crippen molar-refractivity contribution in [2.24, 2.45) is 5.92 Å². The lowest BCUT2D eigenvalue weighted by molar-refractivity contribution is 0.142. The van der Waals surface area contributed by atoms with Gasteiger partial charge in [-0.3, -0.25) is 0 Å². The average molecular weight is 225 g/mol. The molecular weight excluding hydrogens is 208 g/mol. The Bertz CT molecular complexity index is 344. The molecule has 0 heterocycles. The maximum absolute atomic E-state index is 9.74. The Morgan fingerprint density at radius 2 is 2.20 bits per heavy atom. The number of halogens is 1. The van der Waals surface area contributed by atoms with E-state index < -0.39 is 0 Å². The first-order valence-corrected chi connectivity index (χ1v) is 5.97. The fourth-order valence-corrected chi connectivity index (χ4v) is 2.03. The lowest BCUT2D eigenvalue weighted by atomic mass is 10.0. The average Bonchev–Trinajstić information content (AvgIpc) is 3.03. The summed E-state index contributed by atoms with van der Waals surface area (Å²) in [5.41, 5.74) is 2.34. The number of hydrogen-bond donors (Lipinski definition) is 1. The summed E-state index contributed by atoms with van der Waals surface area (Å²) in [4.78, 5) is 0. The van der Waals surface area contributed by atoms with Crippen molar-refractivity contribution in [1.82, 2.24) is 0 Å². The van der Waals surface area contributed by atoms with Crippen molar-refractivity contribution in [3.05, 3.63) is 34.3 Å². The lowest BCUT2D eigenvalue weighted by Crippen LogP contribution is -2.10. The quantitative estimate of drug-likeness (QED) is 0.832. The Kier molecular flexibility index (Phi) is 3.32. The van der Waals surface area contributed by atoms with E-state index in [1.165, 1.54) is 18.4 Å². The van der Waals surface area contributed by atoms with Crippen LogP contribution < -0.4 is 0 Å². The largest absolute Gasteiger partial charge is 0.393 e. The highest BCUT2D eigenvalue weighted by Gasteiger charge is 2.29. The van der Waals surface area contributed by atoms with E-state index in [0.717, 1.165) is 23.4 Å². The molecule has 1 nitrogen and oxygen atoms in total. The van der Waals surface area contributed by atoms with Crippen LogP contribution in [0.2, 0.25) is 5.02 Å². The van der Waals surface area contributed by atoms with Crippen LogP contribution in [0.5, 0.6) is 0 Å². The van der Waals surface area contributed by atoms with E-state index in [2.05, 4.69) is 6.07 Å². The predicted octanol–water partition coefficient (Wildman–Crippen LogP) is 3.35. The van der Waals surface area contributed by atoms with Gasteiger partial charge in [-0.1, -0.05) is 23.7 Å².